The molecule has 0 aromatic rings. The standard InChI is InChI=1S/C8H11N3O2/c1-6-8(13)10-7(12)5-11(6)4-2-3-9/h6H,2,4-5H2,1H3,(H,10,12,13). The molecule has 0 aromatic heterocycles. The van der Waals surface area contributed by atoms with Crippen LogP contribution in [0.5, 0.6) is 0 Å². The Morgan fingerprint density at radius 2 is 2.38 bits per heavy atom. The molecular weight excluding hydrogens is 170 g/mol. The van der Waals surface area contributed by atoms with Crippen LogP contribution in [0.25, 0.3) is 0 Å². The lowest BCUT2D eigenvalue weighted by atomic mass is 10.2. The molecule has 13 heavy (non-hydrogen) atoms. The van der Waals surface area contributed by atoms with Gasteiger partial charge in [-0.1, -0.05) is 0 Å². The molecule has 1 aliphatic rings. The number of amides is 2. The molecule has 0 aromatic carbocycles. The smallest absolute Gasteiger partial charge is 0.243 e. The minimum absolute atomic E-state index is 0.203. The van der Waals surface area contributed by atoms with Gasteiger partial charge in [0, 0.05) is 13.0 Å². The number of nitriles is 1. The number of carbonyl (C=O) groups excluding carboxylic acids is 2. The normalized spacial score (nSPS) is 23.8. The van der Waals surface area contributed by atoms with E-state index in [1.54, 1.807) is 11.8 Å². The van der Waals surface area contributed by atoms with Gasteiger partial charge in [-0.05, 0) is 6.92 Å². The third-order valence-corrected chi connectivity index (χ3v) is 2.05. The SMILES string of the molecule is CC1C(=O)NC(=O)CN1CCC#N. The molecule has 1 rings (SSSR count). The Morgan fingerprint density at radius 3 is 3.00 bits per heavy atom. The van der Waals surface area contributed by atoms with Crippen molar-refractivity contribution in [3.8, 4) is 6.07 Å². The van der Waals surface area contributed by atoms with E-state index < -0.39 is 0 Å². The van der Waals surface area contributed by atoms with Crippen LogP contribution in [-0.4, -0.2) is 35.8 Å². The van der Waals surface area contributed by atoms with E-state index in [0.717, 1.165) is 0 Å². The Hall–Kier alpha value is -1.41. The van der Waals surface area contributed by atoms with Crippen LogP contribution in [-0.2, 0) is 9.59 Å². The van der Waals surface area contributed by atoms with E-state index in [-0.39, 0.29) is 24.4 Å². The zero-order valence-electron chi connectivity index (χ0n) is 7.41. The number of imide groups is 1. The summed E-state index contributed by atoms with van der Waals surface area (Å²) < 4.78 is 0. The van der Waals surface area contributed by atoms with Crippen LogP contribution >= 0.6 is 0 Å². The molecule has 1 heterocycles. The second-order valence-electron chi connectivity index (χ2n) is 2.97. The zero-order chi connectivity index (χ0) is 9.84. The summed E-state index contributed by atoms with van der Waals surface area (Å²) in [5.74, 6) is -0.574. The van der Waals surface area contributed by atoms with Crippen LogP contribution < -0.4 is 5.32 Å². The summed E-state index contributed by atoms with van der Waals surface area (Å²) in [4.78, 5) is 23.8. The average Bonchev–Trinajstić information content (AvgIpc) is 2.09. The molecule has 1 saturated heterocycles. The quantitative estimate of drug-likeness (QED) is 0.569. The highest BCUT2D eigenvalue weighted by Gasteiger charge is 2.29. The van der Waals surface area contributed by atoms with Crippen LogP contribution in [0.3, 0.4) is 0 Å². The van der Waals surface area contributed by atoms with Gasteiger partial charge in [0.2, 0.25) is 11.8 Å². The van der Waals surface area contributed by atoms with Crippen molar-refractivity contribution in [1.29, 1.82) is 5.26 Å². The molecule has 2 amide bonds. The molecule has 5 heteroatoms. The summed E-state index contributed by atoms with van der Waals surface area (Å²) >= 11 is 0. The van der Waals surface area contributed by atoms with Gasteiger partial charge in [0.05, 0.1) is 18.7 Å². The fraction of sp³-hybridized carbons (Fsp3) is 0.625. The first-order valence-electron chi connectivity index (χ1n) is 4.10. The minimum atomic E-state index is -0.314. The van der Waals surface area contributed by atoms with E-state index >= 15 is 0 Å². The highest BCUT2D eigenvalue weighted by Crippen LogP contribution is 2.04. The van der Waals surface area contributed by atoms with Gasteiger partial charge < -0.3 is 0 Å². The molecule has 1 aliphatic heterocycles. The highest BCUT2D eigenvalue weighted by atomic mass is 16.2. The van der Waals surface area contributed by atoms with Crippen molar-refractivity contribution in [1.82, 2.24) is 10.2 Å². The molecule has 1 fully saturated rings. The predicted molar refractivity (Wildman–Crippen MR) is 44.4 cm³/mol. The van der Waals surface area contributed by atoms with Crippen LogP contribution in [0.4, 0.5) is 0 Å². The molecule has 1 atom stereocenters. The lowest BCUT2D eigenvalue weighted by Crippen LogP contribution is -2.56. The highest BCUT2D eigenvalue weighted by molar-refractivity contribution is 6.00. The van der Waals surface area contributed by atoms with Crippen LogP contribution in [0.1, 0.15) is 13.3 Å². The Kier molecular flexibility index (Phi) is 2.98. The lowest BCUT2D eigenvalue weighted by Gasteiger charge is -2.30. The third kappa shape index (κ3) is 2.26. The van der Waals surface area contributed by atoms with Gasteiger partial charge in [-0.3, -0.25) is 19.8 Å². The average molecular weight is 181 g/mol. The Labute approximate surface area is 76.3 Å². The number of nitrogens with zero attached hydrogens (tertiary/aromatic N) is 2. The molecule has 70 valence electrons. The molecule has 0 saturated carbocycles. The molecule has 0 spiro atoms. The fourth-order valence-electron chi connectivity index (χ4n) is 1.23. The van der Waals surface area contributed by atoms with Crippen molar-refractivity contribution in [3.05, 3.63) is 0 Å². The van der Waals surface area contributed by atoms with Gasteiger partial charge in [-0.2, -0.15) is 5.26 Å². The number of nitrogens with one attached hydrogen (secondary N) is 1. The van der Waals surface area contributed by atoms with Crippen molar-refractivity contribution in [2.45, 2.75) is 19.4 Å². The zero-order valence-corrected chi connectivity index (χ0v) is 7.41. The second kappa shape index (κ2) is 4.01. The van der Waals surface area contributed by atoms with Crippen LogP contribution in [0.15, 0.2) is 0 Å². The largest absolute Gasteiger partial charge is 0.294 e. The summed E-state index contributed by atoms with van der Waals surface area (Å²) in [5, 5.41) is 10.6. The van der Waals surface area contributed by atoms with Crippen molar-refractivity contribution < 1.29 is 9.59 Å². The van der Waals surface area contributed by atoms with E-state index in [4.69, 9.17) is 5.26 Å². The lowest BCUT2D eigenvalue weighted by molar-refractivity contribution is -0.139. The minimum Gasteiger partial charge on any atom is -0.294 e. The predicted octanol–water partition coefficient (Wildman–Crippen LogP) is -0.753. The number of hydrogen-bond donors (Lipinski definition) is 1. The number of hydrogen-bond acceptors (Lipinski definition) is 4. The van der Waals surface area contributed by atoms with Crippen LogP contribution in [0.2, 0.25) is 0 Å². The van der Waals surface area contributed by atoms with E-state index in [9.17, 15) is 9.59 Å². The Bertz CT molecular complexity index is 269. The van der Waals surface area contributed by atoms with Gasteiger partial charge in [0.25, 0.3) is 0 Å². The molecule has 1 unspecified atom stereocenters. The molecule has 1 N–H and O–H groups in total. The molecular formula is C8H11N3O2. The maximum Gasteiger partial charge on any atom is 0.243 e. The summed E-state index contributed by atoms with van der Waals surface area (Å²) in [6.45, 7) is 2.39. The van der Waals surface area contributed by atoms with Crippen molar-refractivity contribution in [2.75, 3.05) is 13.1 Å². The van der Waals surface area contributed by atoms with E-state index in [1.165, 1.54) is 0 Å². The van der Waals surface area contributed by atoms with Gasteiger partial charge in [0.15, 0.2) is 0 Å². The Morgan fingerprint density at radius 1 is 1.69 bits per heavy atom. The number of piperazine rings is 1. The molecule has 0 radical (unpaired) electrons. The van der Waals surface area contributed by atoms with Crippen LogP contribution in [0, 0.1) is 11.3 Å². The maximum absolute atomic E-state index is 11.1. The summed E-state index contributed by atoms with van der Waals surface area (Å²) in [6, 6.07) is 1.67. The van der Waals surface area contributed by atoms with Crippen molar-refractivity contribution in [3.63, 3.8) is 0 Å². The topological polar surface area (TPSA) is 73.2 Å². The van der Waals surface area contributed by atoms with E-state index in [1.807, 2.05) is 6.07 Å². The van der Waals surface area contributed by atoms with Crippen molar-refractivity contribution in [2.24, 2.45) is 0 Å². The fourth-order valence-corrected chi connectivity index (χ4v) is 1.23. The molecule has 0 aliphatic carbocycles. The summed E-state index contributed by atoms with van der Waals surface area (Å²) in [5.41, 5.74) is 0. The maximum atomic E-state index is 11.1. The van der Waals surface area contributed by atoms with Gasteiger partial charge in [0.1, 0.15) is 0 Å². The summed E-state index contributed by atoms with van der Waals surface area (Å²) in [7, 11) is 0. The van der Waals surface area contributed by atoms with Gasteiger partial charge in [-0.25, -0.2) is 0 Å². The van der Waals surface area contributed by atoms with E-state index in [0.29, 0.717) is 13.0 Å². The summed E-state index contributed by atoms with van der Waals surface area (Å²) in [6.07, 6.45) is 0.338. The monoisotopic (exact) mass is 181 g/mol. The Balaban J connectivity index is 2.56. The van der Waals surface area contributed by atoms with E-state index in [2.05, 4.69) is 5.32 Å². The molecule has 0 bridgehead atoms. The first-order valence-corrected chi connectivity index (χ1v) is 4.10. The van der Waals surface area contributed by atoms with Gasteiger partial charge >= 0.3 is 0 Å². The van der Waals surface area contributed by atoms with Gasteiger partial charge in [-0.15, -0.1) is 0 Å². The van der Waals surface area contributed by atoms with Crippen molar-refractivity contribution >= 4 is 11.8 Å². The first kappa shape index (κ1) is 9.68. The third-order valence-electron chi connectivity index (χ3n) is 2.05. The first-order chi connectivity index (χ1) is 6.15. The second-order valence-corrected chi connectivity index (χ2v) is 2.97. The number of rotatable bonds is 2. The molecule has 5 nitrogen and oxygen atoms in total. The number of carbonyl (C=O) groups is 2.